The van der Waals surface area contributed by atoms with Gasteiger partial charge in [0, 0.05) is 44.0 Å². The second kappa shape index (κ2) is 16.1. The van der Waals surface area contributed by atoms with Gasteiger partial charge in [0.2, 0.25) is 0 Å². The van der Waals surface area contributed by atoms with Crippen molar-refractivity contribution in [2.45, 2.75) is 0 Å². The molecule has 3 heterocycles. The molecule has 13 rings (SSSR count). The van der Waals surface area contributed by atoms with Gasteiger partial charge in [0.15, 0.2) is 0 Å². The van der Waals surface area contributed by atoms with Crippen molar-refractivity contribution in [2.24, 2.45) is 0 Å². The number of rotatable bonds is 8. The van der Waals surface area contributed by atoms with Crippen LogP contribution in [0.4, 0.5) is 0 Å². The second-order valence-corrected chi connectivity index (χ2v) is 18.1. The summed E-state index contributed by atoms with van der Waals surface area (Å²) in [5, 5.41) is 16.2. The average Bonchev–Trinajstić information content (AvgIpc) is 4.13. The van der Waals surface area contributed by atoms with Gasteiger partial charge in [-0.05, 0) is 129 Å². The van der Waals surface area contributed by atoms with Gasteiger partial charge >= 0.3 is 0 Å². The standard InChI is InChI=1S/C62H40N4S/c1-5-17-41(18-6-1)47-33-48(42-19-7-2-8-20-42)36-51(35-47)65-57-27-15-13-25-53(57)55-39-45(29-31-59(55)65)61-63-64-62(67-61)46-30-32-60-56(40-46)54-26-14-16-28-58(54)66(60)52-37-49(43-21-9-3-10-22-43)34-50(38-52)44-23-11-4-12-24-44/h1-40H. The zero-order chi connectivity index (χ0) is 44.3. The summed E-state index contributed by atoms with van der Waals surface area (Å²) in [4.78, 5) is 0. The smallest absolute Gasteiger partial charge is 0.148 e. The molecule has 0 aliphatic rings. The van der Waals surface area contributed by atoms with E-state index in [0.29, 0.717) is 0 Å². The third-order valence-electron chi connectivity index (χ3n) is 13.0. The highest BCUT2D eigenvalue weighted by Gasteiger charge is 2.19. The molecular formula is C62H40N4S. The molecule has 0 radical (unpaired) electrons. The number of benzene rings is 10. The van der Waals surface area contributed by atoms with Gasteiger partial charge in [-0.3, -0.25) is 0 Å². The summed E-state index contributed by atoms with van der Waals surface area (Å²) in [6.45, 7) is 0. The minimum atomic E-state index is 0.889. The van der Waals surface area contributed by atoms with Crippen molar-refractivity contribution in [1.82, 2.24) is 19.3 Å². The Labute approximate surface area is 392 Å². The zero-order valence-corrected chi connectivity index (χ0v) is 37.1. The van der Waals surface area contributed by atoms with Crippen LogP contribution in [0, 0.1) is 0 Å². The molecule has 10 aromatic carbocycles. The van der Waals surface area contributed by atoms with E-state index in [4.69, 9.17) is 10.2 Å². The Morgan fingerprint density at radius 3 is 0.910 bits per heavy atom. The van der Waals surface area contributed by atoms with Crippen molar-refractivity contribution in [3.05, 3.63) is 243 Å². The predicted octanol–water partition coefficient (Wildman–Crippen LogP) is 16.7. The monoisotopic (exact) mass is 872 g/mol. The lowest BCUT2D eigenvalue weighted by molar-refractivity contribution is 1.10. The molecular weight excluding hydrogens is 833 g/mol. The van der Waals surface area contributed by atoms with E-state index in [0.717, 1.165) is 54.6 Å². The summed E-state index contributed by atoms with van der Waals surface area (Å²) in [6.07, 6.45) is 0. The lowest BCUT2D eigenvalue weighted by atomic mass is 9.98. The molecule has 0 atom stereocenters. The molecule has 67 heavy (non-hydrogen) atoms. The lowest BCUT2D eigenvalue weighted by Gasteiger charge is -2.14. The van der Waals surface area contributed by atoms with Gasteiger partial charge in [-0.25, -0.2) is 0 Å². The van der Waals surface area contributed by atoms with Crippen LogP contribution in [0.25, 0.3) is 121 Å². The normalized spacial score (nSPS) is 11.6. The van der Waals surface area contributed by atoms with Gasteiger partial charge in [-0.2, -0.15) is 0 Å². The van der Waals surface area contributed by atoms with Crippen molar-refractivity contribution in [3.63, 3.8) is 0 Å². The Hall–Kier alpha value is -8.64. The van der Waals surface area contributed by atoms with Crippen LogP contribution in [0.5, 0.6) is 0 Å². The minimum Gasteiger partial charge on any atom is -0.309 e. The van der Waals surface area contributed by atoms with Crippen LogP contribution in [0.1, 0.15) is 0 Å². The molecule has 0 aliphatic heterocycles. The molecule has 0 bridgehead atoms. The summed E-state index contributed by atoms with van der Waals surface area (Å²) in [7, 11) is 0. The van der Waals surface area contributed by atoms with Gasteiger partial charge in [-0.1, -0.05) is 169 Å². The summed E-state index contributed by atoms with van der Waals surface area (Å²) < 4.78 is 4.82. The van der Waals surface area contributed by atoms with Crippen LogP contribution < -0.4 is 0 Å². The van der Waals surface area contributed by atoms with Gasteiger partial charge in [0.1, 0.15) is 10.0 Å². The van der Waals surface area contributed by atoms with Crippen molar-refractivity contribution < 1.29 is 0 Å². The first kappa shape index (κ1) is 38.8. The molecule has 0 aliphatic carbocycles. The molecule has 0 unspecified atom stereocenters. The number of aromatic nitrogens is 4. The number of hydrogen-bond donors (Lipinski definition) is 0. The number of nitrogens with zero attached hydrogens (tertiary/aromatic N) is 4. The maximum atomic E-state index is 4.83. The van der Waals surface area contributed by atoms with Crippen LogP contribution in [-0.4, -0.2) is 19.3 Å². The Morgan fingerprint density at radius 1 is 0.239 bits per heavy atom. The molecule has 4 nitrogen and oxygen atoms in total. The molecule has 0 fully saturated rings. The second-order valence-electron chi connectivity index (χ2n) is 17.1. The number of hydrogen-bond acceptors (Lipinski definition) is 3. The molecule has 0 spiro atoms. The van der Waals surface area contributed by atoms with Gasteiger partial charge < -0.3 is 9.13 Å². The van der Waals surface area contributed by atoms with E-state index < -0.39 is 0 Å². The lowest BCUT2D eigenvalue weighted by Crippen LogP contribution is -1.96. The van der Waals surface area contributed by atoms with Crippen LogP contribution in [0.2, 0.25) is 0 Å². The third kappa shape index (κ3) is 6.84. The molecule has 0 N–H and O–H groups in total. The molecule has 5 heteroatoms. The van der Waals surface area contributed by atoms with Crippen molar-refractivity contribution >= 4 is 54.9 Å². The minimum absolute atomic E-state index is 0.889. The molecule has 13 aromatic rings. The summed E-state index contributed by atoms with van der Waals surface area (Å²) >= 11 is 1.64. The fraction of sp³-hybridized carbons (Fsp3) is 0. The van der Waals surface area contributed by atoms with Gasteiger partial charge in [0.05, 0.1) is 22.1 Å². The molecule has 0 amide bonds. The van der Waals surface area contributed by atoms with Crippen LogP contribution in [0.3, 0.4) is 0 Å². The first-order valence-electron chi connectivity index (χ1n) is 22.6. The Balaban J connectivity index is 0.906. The highest BCUT2D eigenvalue weighted by atomic mass is 32.1. The first-order valence-corrected chi connectivity index (χ1v) is 23.5. The average molecular weight is 873 g/mol. The highest BCUT2D eigenvalue weighted by Crippen LogP contribution is 2.41. The topological polar surface area (TPSA) is 35.6 Å². The van der Waals surface area contributed by atoms with Crippen LogP contribution in [-0.2, 0) is 0 Å². The predicted molar refractivity (Wildman–Crippen MR) is 281 cm³/mol. The van der Waals surface area contributed by atoms with Crippen LogP contribution in [0.15, 0.2) is 243 Å². The van der Waals surface area contributed by atoms with Gasteiger partial charge in [-0.15, -0.1) is 10.2 Å². The largest absolute Gasteiger partial charge is 0.309 e. The van der Waals surface area contributed by atoms with E-state index in [9.17, 15) is 0 Å². The fourth-order valence-corrected chi connectivity index (χ4v) is 10.7. The zero-order valence-electron chi connectivity index (χ0n) is 36.3. The maximum absolute atomic E-state index is 4.83. The van der Waals surface area contributed by atoms with Gasteiger partial charge in [0.25, 0.3) is 0 Å². The molecule has 314 valence electrons. The fourth-order valence-electron chi connectivity index (χ4n) is 9.89. The SMILES string of the molecule is c1ccc(-c2cc(-c3ccccc3)cc(-n3c4ccccc4c4cc(-c5nnc(-c6ccc7c(c6)c6ccccc6n7-c6cc(-c7ccccc7)cc(-c7ccccc7)c6)s5)ccc43)c2)cc1. The Kier molecular flexibility index (Phi) is 9.32. The van der Waals surface area contributed by atoms with Crippen LogP contribution >= 0.6 is 11.3 Å². The van der Waals surface area contributed by atoms with E-state index in [1.807, 2.05) is 0 Å². The molecule has 3 aromatic heterocycles. The van der Waals surface area contributed by atoms with E-state index in [2.05, 4.69) is 252 Å². The number of fused-ring (bicyclic) bond motifs is 6. The quantitative estimate of drug-likeness (QED) is 0.152. The van der Waals surface area contributed by atoms with Crippen molar-refractivity contribution in [2.75, 3.05) is 0 Å². The van der Waals surface area contributed by atoms with E-state index in [-0.39, 0.29) is 0 Å². The van der Waals surface area contributed by atoms with E-state index >= 15 is 0 Å². The third-order valence-corrected chi connectivity index (χ3v) is 14.1. The molecule has 0 saturated carbocycles. The Bertz CT molecular complexity index is 3590. The first-order chi connectivity index (χ1) is 33.2. The van der Waals surface area contributed by atoms with E-state index in [1.165, 1.54) is 66.1 Å². The maximum Gasteiger partial charge on any atom is 0.148 e. The van der Waals surface area contributed by atoms with Crippen molar-refractivity contribution in [1.29, 1.82) is 0 Å². The highest BCUT2D eigenvalue weighted by molar-refractivity contribution is 7.17. The van der Waals surface area contributed by atoms with Crippen molar-refractivity contribution in [3.8, 4) is 77.0 Å². The summed E-state index contributed by atoms with van der Waals surface area (Å²) in [5.74, 6) is 0. The van der Waals surface area contributed by atoms with E-state index in [1.54, 1.807) is 11.3 Å². The summed E-state index contributed by atoms with van der Waals surface area (Å²) in [5.41, 5.74) is 18.4. The Morgan fingerprint density at radius 2 is 0.552 bits per heavy atom. The number of para-hydroxylation sites is 2. The summed E-state index contributed by atoms with van der Waals surface area (Å²) in [6, 6.07) is 87.4. The molecule has 0 saturated heterocycles.